The Kier molecular flexibility index (Phi) is 8.51. The second-order valence-corrected chi connectivity index (χ2v) is 6.14. The zero-order valence-corrected chi connectivity index (χ0v) is 14.6. The van der Waals surface area contributed by atoms with Crippen LogP contribution in [0.3, 0.4) is 0 Å². The van der Waals surface area contributed by atoms with Crippen molar-refractivity contribution in [2.45, 2.75) is 51.5 Å². The van der Waals surface area contributed by atoms with Gasteiger partial charge >= 0.3 is 0 Å². The van der Waals surface area contributed by atoms with Gasteiger partial charge in [0.25, 0.3) is 0 Å². The lowest BCUT2D eigenvalue weighted by Gasteiger charge is -2.31. The lowest BCUT2D eigenvalue weighted by atomic mass is 10.0. The Morgan fingerprint density at radius 3 is 2.41 bits per heavy atom. The van der Waals surface area contributed by atoms with Crippen LogP contribution in [-0.4, -0.2) is 37.0 Å². The molecule has 1 aromatic rings. The molecule has 1 aromatic carbocycles. The molecule has 1 aliphatic heterocycles. The zero-order valence-electron chi connectivity index (χ0n) is 13.8. The van der Waals surface area contributed by atoms with E-state index < -0.39 is 0 Å². The molecule has 0 atom stereocenters. The topological polar surface area (TPSA) is 32.3 Å². The van der Waals surface area contributed by atoms with E-state index >= 15 is 0 Å². The largest absolute Gasteiger partial charge is 0.343 e. The minimum atomic E-state index is 0. The Bertz CT molecular complexity index is 439. The van der Waals surface area contributed by atoms with Crippen LogP contribution in [0.2, 0.25) is 0 Å². The second kappa shape index (κ2) is 9.86. The Hall–Kier alpha value is -1.06. The molecular weight excluding hydrogens is 296 g/mol. The highest BCUT2D eigenvalue weighted by Crippen LogP contribution is 2.13. The predicted molar refractivity (Wildman–Crippen MR) is 94.6 cm³/mol. The smallest absolute Gasteiger partial charge is 0.222 e. The fourth-order valence-electron chi connectivity index (χ4n) is 2.94. The van der Waals surface area contributed by atoms with Crippen LogP contribution in [0.25, 0.3) is 0 Å². The molecule has 4 heteroatoms. The molecule has 0 aromatic heterocycles. The lowest BCUT2D eigenvalue weighted by Crippen LogP contribution is -2.43. The summed E-state index contributed by atoms with van der Waals surface area (Å²) >= 11 is 0. The van der Waals surface area contributed by atoms with Gasteiger partial charge in [0.05, 0.1) is 0 Å². The summed E-state index contributed by atoms with van der Waals surface area (Å²) in [5, 5.41) is 3.30. The maximum absolute atomic E-state index is 12.2. The zero-order chi connectivity index (χ0) is 15.1. The van der Waals surface area contributed by atoms with E-state index in [1.165, 1.54) is 11.1 Å². The summed E-state index contributed by atoms with van der Waals surface area (Å²) in [6, 6.07) is 9.30. The average Bonchev–Trinajstić information content (AvgIpc) is 2.53. The van der Waals surface area contributed by atoms with Crippen molar-refractivity contribution in [3.63, 3.8) is 0 Å². The van der Waals surface area contributed by atoms with Crippen LogP contribution in [0.4, 0.5) is 0 Å². The summed E-state index contributed by atoms with van der Waals surface area (Å²) in [6.45, 7) is 3.95. The second-order valence-electron chi connectivity index (χ2n) is 6.14. The first-order chi connectivity index (χ1) is 10.2. The molecule has 2 rings (SSSR count). The molecule has 1 amide bonds. The number of benzene rings is 1. The highest BCUT2D eigenvalue weighted by Gasteiger charge is 2.20. The standard InChI is InChI=1S/C18H28N2O.ClH/c1-15-7-9-16(10-8-15)5-3-4-6-18(21)20-13-11-17(19-2)12-14-20;/h7-10,17,19H,3-6,11-14H2,1-2H3;1H. The summed E-state index contributed by atoms with van der Waals surface area (Å²) in [7, 11) is 2.01. The fourth-order valence-corrected chi connectivity index (χ4v) is 2.94. The Labute approximate surface area is 140 Å². The van der Waals surface area contributed by atoms with Crippen LogP contribution >= 0.6 is 12.4 Å². The van der Waals surface area contributed by atoms with Gasteiger partial charge in [-0.25, -0.2) is 0 Å². The molecule has 124 valence electrons. The number of carbonyl (C=O) groups excluding carboxylic acids is 1. The van der Waals surface area contributed by atoms with Crippen molar-refractivity contribution >= 4 is 18.3 Å². The molecule has 0 spiro atoms. The van der Waals surface area contributed by atoms with E-state index in [0.717, 1.165) is 45.2 Å². The molecule has 1 saturated heterocycles. The molecule has 1 aliphatic rings. The first-order valence-corrected chi connectivity index (χ1v) is 8.19. The molecule has 1 fully saturated rings. The highest BCUT2D eigenvalue weighted by molar-refractivity contribution is 5.85. The average molecular weight is 325 g/mol. The van der Waals surface area contributed by atoms with E-state index in [-0.39, 0.29) is 12.4 Å². The number of amides is 1. The molecule has 1 heterocycles. The molecule has 0 aliphatic carbocycles. The van der Waals surface area contributed by atoms with Crippen molar-refractivity contribution in [3.05, 3.63) is 35.4 Å². The van der Waals surface area contributed by atoms with E-state index in [9.17, 15) is 4.79 Å². The number of unbranched alkanes of at least 4 members (excludes halogenated alkanes) is 1. The molecular formula is C18H29ClN2O. The summed E-state index contributed by atoms with van der Waals surface area (Å²) in [5.41, 5.74) is 2.68. The van der Waals surface area contributed by atoms with Gasteiger partial charge in [-0.1, -0.05) is 29.8 Å². The number of hydrogen-bond donors (Lipinski definition) is 1. The van der Waals surface area contributed by atoms with Crippen LogP contribution in [0.5, 0.6) is 0 Å². The van der Waals surface area contributed by atoms with E-state index in [4.69, 9.17) is 0 Å². The van der Waals surface area contributed by atoms with Gasteiger partial charge < -0.3 is 10.2 Å². The van der Waals surface area contributed by atoms with Crippen LogP contribution in [0.1, 0.15) is 43.2 Å². The van der Waals surface area contributed by atoms with Gasteiger partial charge in [0.1, 0.15) is 0 Å². The summed E-state index contributed by atoms with van der Waals surface area (Å²) in [5.74, 6) is 0.341. The maximum Gasteiger partial charge on any atom is 0.222 e. The lowest BCUT2D eigenvalue weighted by molar-refractivity contribution is -0.132. The third-order valence-corrected chi connectivity index (χ3v) is 4.48. The summed E-state index contributed by atoms with van der Waals surface area (Å²) < 4.78 is 0. The molecule has 0 saturated carbocycles. The monoisotopic (exact) mass is 324 g/mol. The first kappa shape index (κ1) is 19.0. The molecule has 22 heavy (non-hydrogen) atoms. The van der Waals surface area contributed by atoms with E-state index in [2.05, 4.69) is 36.5 Å². The van der Waals surface area contributed by atoms with Crippen molar-refractivity contribution in [3.8, 4) is 0 Å². The van der Waals surface area contributed by atoms with Crippen molar-refractivity contribution < 1.29 is 4.79 Å². The Morgan fingerprint density at radius 1 is 1.18 bits per heavy atom. The van der Waals surface area contributed by atoms with Crippen molar-refractivity contribution in [1.29, 1.82) is 0 Å². The van der Waals surface area contributed by atoms with E-state index in [1.54, 1.807) is 0 Å². The number of piperidine rings is 1. The third kappa shape index (κ3) is 5.98. The quantitative estimate of drug-likeness (QED) is 0.814. The summed E-state index contributed by atoms with van der Waals surface area (Å²) in [4.78, 5) is 14.2. The Balaban J connectivity index is 0.00000242. The number of likely N-dealkylation sites (tertiary alicyclic amines) is 1. The van der Waals surface area contributed by atoms with E-state index in [1.807, 2.05) is 11.9 Å². The Morgan fingerprint density at radius 2 is 1.82 bits per heavy atom. The fraction of sp³-hybridized carbons (Fsp3) is 0.611. The normalized spacial score (nSPS) is 15.5. The van der Waals surface area contributed by atoms with Crippen molar-refractivity contribution in [2.24, 2.45) is 0 Å². The van der Waals surface area contributed by atoms with Gasteiger partial charge in [0.15, 0.2) is 0 Å². The third-order valence-electron chi connectivity index (χ3n) is 4.48. The van der Waals surface area contributed by atoms with Gasteiger partial charge in [-0.2, -0.15) is 0 Å². The molecule has 0 radical (unpaired) electrons. The summed E-state index contributed by atoms with van der Waals surface area (Å²) in [6.07, 6.45) is 6.06. The first-order valence-electron chi connectivity index (χ1n) is 8.19. The molecule has 0 unspecified atom stereocenters. The number of nitrogens with one attached hydrogen (secondary N) is 1. The van der Waals surface area contributed by atoms with Crippen LogP contribution < -0.4 is 5.32 Å². The number of halogens is 1. The minimum absolute atomic E-state index is 0. The predicted octanol–water partition coefficient (Wildman–Crippen LogP) is 3.34. The van der Waals surface area contributed by atoms with Crippen molar-refractivity contribution in [2.75, 3.05) is 20.1 Å². The van der Waals surface area contributed by atoms with Crippen LogP contribution in [0, 0.1) is 6.92 Å². The minimum Gasteiger partial charge on any atom is -0.343 e. The van der Waals surface area contributed by atoms with E-state index in [0.29, 0.717) is 18.4 Å². The number of carbonyl (C=O) groups is 1. The van der Waals surface area contributed by atoms with Gasteiger partial charge in [-0.05, 0) is 51.6 Å². The van der Waals surface area contributed by atoms with Crippen molar-refractivity contribution in [1.82, 2.24) is 10.2 Å². The van der Waals surface area contributed by atoms with Crippen LogP contribution in [-0.2, 0) is 11.2 Å². The van der Waals surface area contributed by atoms with Crippen LogP contribution in [0.15, 0.2) is 24.3 Å². The molecule has 0 bridgehead atoms. The molecule has 1 N–H and O–H groups in total. The maximum atomic E-state index is 12.2. The molecule has 3 nitrogen and oxygen atoms in total. The van der Waals surface area contributed by atoms with Gasteiger partial charge in [0.2, 0.25) is 5.91 Å². The van der Waals surface area contributed by atoms with Gasteiger partial charge in [0, 0.05) is 25.6 Å². The number of rotatable bonds is 6. The van der Waals surface area contributed by atoms with Gasteiger partial charge in [-0.3, -0.25) is 4.79 Å². The van der Waals surface area contributed by atoms with Gasteiger partial charge in [-0.15, -0.1) is 12.4 Å². The number of hydrogen-bond acceptors (Lipinski definition) is 2. The SMILES string of the molecule is CNC1CCN(C(=O)CCCCc2ccc(C)cc2)CC1.Cl. The highest BCUT2D eigenvalue weighted by atomic mass is 35.5. The number of nitrogens with zero attached hydrogens (tertiary/aromatic N) is 1. The number of aryl methyl sites for hydroxylation is 2.